The second kappa shape index (κ2) is 5.20. The molecule has 0 atom stereocenters. The molecule has 1 aromatic carbocycles. The van der Waals surface area contributed by atoms with Crippen molar-refractivity contribution in [2.24, 2.45) is 0 Å². The van der Waals surface area contributed by atoms with Crippen LogP contribution in [0.15, 0.2) is 35.3 Å². The lowest BCUT2D eigenvalue weighted by atomic mass is 10.2. The number of carbonyl (C=O) groups is 1. The van der Waals surface area contributed by atoms with Crippen LogP contribution in [0.1, 0.15) is 10.4 Å². The molecule has 18 heavy (non-hydrogen) atoms. The predicted molar refractivity (Wildman–Crippen MR) is 69.3 cm³/mol. The first-order valence-electron chi connectivity index (χ1n) is 4.88. The van der Waals surface area contributed by atoms with Gasteiger partial charge < -0.3 is 5.32 Å². The van der Waals surface area contributed by atoms with E-state index in [1.54, 1.807) is 18.2 Å². The fourth-order valence-corrected chi connectivity index (χ4v) is 1.91. The largest absolute Gasteiger partial charge is 0.346 e. The number of halogens is 2. The molecule has 0 aliphatic heterocycles. The highest BCUT2D eigenvalue weighted by atomic mass is 35.5. The van der Waals surface area contributed by atoms with Gasteiger partial charge in [-0.05, 0) is 18.2 Å². The molecule has 2 aromatic rings. The monoisotopic (exact) mass is 283 g/mol. The van der Waals surface area contributed by atoms with Gasteiger partial charge >= 0.3 is 5.69 Å². The highest BCUT2D eigenvalue weighted by molar-refractivity contribution is 6.40. The molecule has 1 heterocycles. The molecule has 0 aliphatic rings. The van der Waals surface area contributed by atoms with Crippen LogP contribution >= 0.6 is 23.2 Å². The molecule has 1 amide bonds. The summed E-state index contributed by atoms with van der Waals surface area (Å²) >= 11 is 11.8. The first-order valence-corrected chi connectivity index (χ1v) is 5.64. The zero-order chi connectivity index (χ0) is 13.1. The van der Waals surface area contributed by atoms with Crippen molar-refractivity contribution in [3.63, 3.8) is 0 Å². The van der Waals surface area contributed by atoms with Gasteiger partial charge in [0.15, 0.2) is 0 Å². The first kappa shape index (κ1) is 12.6. The van der Waals surface area contributed by atoms with Crippen molar-refractivity contribution in [2.45, 2.75) is 0 Å². The normalized spacial score (nSPS) is 10.1. The van der Waals surface area contributed by atoms with Gasteiger partial charge in [-0.1, -0.05) is 29.3 Å². The van der Waals surface area contributed by atoms with Crippen LogP contribution in [0.25, 0.3) is 0 Å². The Balaban J connectivity index is 2.30. The lowest BCUT2D eigenvalue weighted by Gasteiger charge is -2.07. The number of H-pyrrole nitrogens is 1. The van der Waals surface area contributed by atoms with Crippen LogP contribution < -0.4 is 11.0 Å². The summed E-state index contributed by atoms with van der Waals surface area (Å²) in [6.07, 6.45) is 1.28. The van der Waals surface area contributed by atoms with E-state index >= 15 is 0 Å². The van der Waals surface area contributed by atoms with E-state index in [1.165, 1.54) is 12.3 Å². The Morgan fingerprint density at radius 1 is 1.22 bits per heavy atom. The lowest BCUT2D eigenvalue weighted by molar-refractivity contribution is 0.102. The Labute approximate surface area is 112 Å². The summed E-state index contributed by atoms with van der Waals surface area (Å²) in [6.45, 7) is 0. The molecule has 2 N–H and O–H groups in total. The summed E-state index contributed by atoms with van der Waals surface area (Å²) in [6, 6.07) is 6.19. The summed E-state index contributed by atoms with van der Waals surface area (Å²) in [4.78, 5) is 28.7. The molecule has 0 saturated carbocycles. The zero-order valence-corrected chi connectivity index (χ0v) is 10.4. The molecular weight excluding hydrogens is 277 g/mol. The van der Waals surface area contributed by atoms with E-state index in [9.17, 15) is 9.59 Å². The first-order chi connectivity index (χ1) is 8.58. The van der Waals surface area contributed by atoms with Gasteiger partial charge in [0.25, 0.3) is 5.91 Å². The van der Waals surface area contributed by atoms with Crippen molar-refractivity contribution in [3.05, 3.63) is 56.6 Å². The minimum absolute atomic E-state index is 0.151. The number of benzene rings is 1. The van der Waals surface area contributed by atoms with E-state index in [-0.39, 0.29) is 21.4 Å². The Morgan fingerprint density at radius 2 is 1.89 bits per heavy atom. The van der Waals surface area contributed by atoms with E-state index in [4.69, 9.17) is 23.2 Å². The van der Waals surface area contributed by atoms with Gasteiger partial charge in [-0.3, -0.25) is 9.78 Å². The van der Waals surface area contributed by atoms with Gasteiger partial charge in [0.2, 0.25) is 0 Å². The smallest absolute Gasteiger partial charge is 0.308 e. The Morgan fingerprint density at radius 3 is 2.50 bits per heavy atom. The number of carbonyl (C=O) groups excluding carboxylic acids is 1. The number of nitrogens with zero attached hydrogens (tertiary/aromatic N) is 1. The van der Waals surface area contributed by atoms with Crippen LogP contribution in [0.2, 0.25) is 10.0 Å². The molecular formula is C11H7Cl2N3O2. The molecule has 1 aromatic heterocycles. The SMILES string of the molecule is O=C(Nc1ccnc(=O)[nH]1)c1c(Cl)cccc1Cl. The van der Waals surface area contributed by atoms with Crippen LogP contribution in [0, 0.1) is 0 Å². The molecule has 5 nitrogen and oxygen atoms in total. The maximum absolute atomic E-state index is 11.9. The molecule has 0 aliphatic carbocycles. The van der Waals surface area contributed by atoms with Gasteiger partial charge in [-0.25, -0.2) is 9.78 Å². The third kappa shape index (κ3) is 2.69. The number of hydrogen-bond acceptors (Lipinski definition) is 3. The van der Waals surface area contributed by atoms with E-state index < -0.39 is 11.6 Å². The number of rotatable bonds is 2. The Kier molecular flexibility index (Phi) is 3.64. The molecule has 0 fully saturated rings. The number of aromatic amines is 1. The fourth-order valence-electron chi connectivity index (χ4n) is 1.34. The molecule has 0 bridgehead atoms. The summed E-state index contributed by atoms with van der Waals surface area (Å²) in [5, 5.41) is 2.94. The number of anilines is 1. The molecule has 7 heteroatoms. The van der Waals surface area contributed by atoms with Gasteiger partial charge in [0, 0.05) is 6.20 Å². The molecule has 0 unspecified atom stereocenters. The van der Waals surface area contributed by atoms with Crippen LogP contribution in [0.3, 0.4) is 0 Å². The minimum atomic E-state index is -0.557. The summed E-state index contributed by atoms with van der Waals surface area (Å²) < 4.78 is 0. The van der Waals surface area contributed by atoms with Crippen LogP contribution in [-0.4, -0.2) is 15.9 Å². The Bertz CT molecular complexity index is 634. The molecule has 0 radical (unpaired) electrons. The summed E-state index contributed by atoms with van der Waals surface area (Å²) in [5.41, 5.74) is -0.406. The van der Waals surface area contributed by atoms with E-state index in [2.05, 4.69) is 15.3 Å². The minimum Gasteiger partial charge on any atom is -0.308 e. The van der Waals surface area contributed by atoms with E-state index in [1.807, 2.05) is 0 Å². The average Bonchev–Trinajstić information content (AvgIpc) is 2.28. The topological polar surface area (TPSA) is 74.8 Å². The number of hydrogen-bond donors (Lipinski definition) is 2. The third-order valence-electron chi connectivity index (χ3n) is 2.11. The van der Waals surface area contributed by atoms with Crippen LogP contribution in [-0.2, 0) is 0 Å². The number of aromatic nitrogens is 2. The molecule has 2 rings (SSSR count). The maximum Gasteiger partial charge on any atom is 0.346 e. The van der Waals surface area contributed by atoms with Crippen LogP contribution in [0.5, 0.6) is 0 Å². The molecule has 0 saturated heterocycles. The van der Waals surface area contributed by atoms with Crippen molar-refractivity contribution >= 4 is 34.9 Å². The fraction of sp³-hybridized carbons (Fsp3) is 0. The van der Waals surface area contributed by atoms with Crippen LogP contribution in [0.4, 0.5) is 5.82 Å². The zero-order valence-electron chi connectivity index (χ0n) is 8.91. The summed E-state index contributed by atoms with van der Waals surface area (Å²) in [7, 11) is 0. The molecule has 0 spiro atoms. The van der Waals surface area contributed by atoms with Gasteiger partial charge in [-0.2, -0.15) is 0 Å². The number of amides is 1. The second-order valence-electron chi connectivity index (χ2n) is 3.34. The molecule has 92 valence electrons. The highest BCUT2D eigenvalue weighted by Crippen LogP contribution is 2.24. The standard InChI is InChI=1S/C11H7Cl2N3O2/c12-6-2-1-3-7(13)9(6)10(17)15-8-4-5-14-11(18)16-8/h1-5H,(H2,14,15,16,17,18). The number of nitrogens with one attached hydrogen (secondary N) is 2. The van der Waals surface area contributed by atoms with Crippen molar-refractivity contribution in [3.8, 4) is 0 Å². The van der Waals surface area contributed by atoms with Crippen molar-refractivity contribution in [1.29, 1.82) is 0 Å². The van der Waals surface area contributed by atoms with Crippen molar-refractivity contribution < 1.29 is 4.79 Å². The van der Waals surface area contributed by atoms with Gasteiger partial charge in [0.05, 0.1) is 15.6 Å². The van der Waals surface area contributed by atoms with E-state index in [0.29, 0.717) is 0 Å². The average molecular weight is 284 g/mol. The third-order valence-corrected chi connectivity index (χ3v) is 2.74. The van der Waals surface area contributed by atoms with Gasteiger partial charge in [-0.15, -0.1) is 0 Å². The highest BCUT2D eigenvalue weighted by Gasteiger charge is 2.14. The van der Waals surface area contributed by atoms with Gasteiger partial charge in [0.1, 0.15) is 5.82 Å². The Hall–Kier alpha value is -1.85. The quantitative estimate of drug-likeness (QED) is 0.888. The lowest BCUT2D eigenvalue weighted by Crippen LogP contribution is -2.18. The maximum atomic E-state index is 11.9. The van der Waals surface area contributed by atoms with E-state index in [0.717, 1.165) is 0 Å². The van der Waals surface area contributed by atoms with Crippen molar-refractivity contribution in [1.82, 2.24) is 9.97 Å². The summed E-state index contributed by atoms with van der Waals surface area (Å²) in [5.74, 6) is -0.288. The predicted octanol–water partition coefficient (Wildman–Crippen LogP) is 2.33. The van der Waals surface area contributed by atoms with Crippen molar-refractivity contribution in [2.75, 3.05) is 5.32 Å². The second-order valence-corrected chi connectivity index (χ2v) is 4.15.